The zero-order valence-corrected chi connectivity index (χ0v) is 79.2. The quantitative estimate of drug-likeness (QED) is 0.0263. The van der Waals surface area contributed by atoms with Crippen molar-refractivity contribution < 1.29 is 95.3 Å². The summed E-state index contributed by atoms with van der Waals surface area (Å²) in [5, 5.41) is 3.52. The van der Waals surface area contributed by atoms with Crippen LogP contribution >= 0.6 is 11.3 Å². The van der Waals surface area contributed by atoms with Crippen molar-refractivity contribution in [1.82, 2.24) is 0 Å². The molecule has 0 bridgehead atoms. The molecule has 4 aliphatic rings. The summed E-state index contributed by atoms with van der Waals surface area (Å²) >= 11 is 1.68. The van der Waals surface area contributed by atoms with Crippen molar-refractivity contribution >= 4 is 85.9 Å². The minimum atomic E-state index is -0.623. The molecule has 694 valence electrons. The van der Waals surface area contributed by atoms with Gasteiger partial charge in [-0.25, -0.2) is 38.4 Å². The van der Waals surface area contributed by atoms with Crippen molar-refractivity contribution in [2.24, 2.45) is 0 Å². The molecule has 0 radical (unpaired) electrons. The fourth-order valence-corrected chi connectivity index (χ4v) is 14.9. The zero-order chi connectivity index (χ0) is 96.5. The lowest BCUT2D eigenvalue weighted by atomic mass is 10.00. The van der Waals surface area contributed by atoms with E-state index >= 15 is 0 Å². The number of fused-ring (bicyclic) bond motifs is 5. The van der Waals surface area contributed by atoms with Gasteiger partial charge in [-0.3, -0.25) is 4.79 Å². The molecule has 4 atom stereocenters. The predicted octanol–water partition coefficient (Wildman–Crippen LogP) is 24.9. The van der Waals surface area contributed by atoms with Crippen molar-refractivity contribution in [2.75, 3.05) is 33.5 Å². The van der Waals surface area contributed by atoms with Crippen LogP contribution in [-0.4, -0.2) is 104 Å². The van der Waals surface area contributed by atoms with Crippen molar-refractivity contribution in [3.8, 4) is 11.1 Å². The average Bonchev–Trinajstić information content (AvgIpc) is 1.61. The molecule has 9 aromatic rings. The van der Waals surface area contributed by atoms with Gasteiger partial charge in [0.05, 0.1) is 19.8 Å². The normalized spacial score (nSPS) is 14.9. The first-order chi connectivity index (χ1) is 62.3. The third-order valence-electron chi connectivity index (χ3n) is 21.3. The summed E-state index contributed by atoms with van der Waals surface area (Å²) in [5.41, 5.74) is 10.2. The molecule has 4 unspecified atom stereocenters. The standard InChI is InChI=1S/C17H14O2.C17H16O2.C16H16O2.C15H16O2S.C12H18O4.C12H14O2.C11H18O3.C10H16O3/c1-11(2)17(18)19-16-14-9-5-3-7-12(14)13-8-4-6-10-15(13)16;1-13(2)17(18)19-16(14-9-5-3-6-10-14)15-11-7-4-8-12-15;1-11(2)16(17)18-12(3)14-9-8-13-6-4-5-7-15(13)10-14;1-4-12(17-15(16)10(2)3)14-9-11-7-5-6-8-13(11)18-14;1-9(2)11(14)16-12(6-4-5-7-12)8-15-10(3)13;1-9(2)12(13)14-10(3)11-7-5-4-6-8-11;1-9(2)10(12)14-11(8-13-3)6-4-5-7-11;1-4-10(5-6-12-7-10)13-9(11)8(2)3/h3-10,16H,1H2,2H3;3-12,16H,1H2,2H3;4-10,12H,1H2,2-3H3;5-9,12H,2,4H2,1,3H3;1,4-8H2,2-3H3;4-8,10H,1H2,2-3H3;1,4-8H2,2-3H3;2,4-7H2,1,3H3. The van der Waals surface area contributed by atoms with E-state index in [1.807, 2.05) is 204 Å². The number of hydrogen-bond acceptors (Lipinski definition) is 21. The summed E-state index contributed by atoms with van der Waals surface area (Å²) in [4.78, 5) is 104. The van der Waals surface area contributed by atoms with E-state index < -0.39 is 23.3 Å². The van der Waals surface area contributed by atoms with Crippen LogP contribution in [-0.2, 0) is 95.3 Å². The summed E-state index contributed by atoms with van der Waals surface area (Å²) in [6.07, 6.45) is 8.47. The highest BCUT2D eigenvalue weighted by molar-refractivity contribution is 7.19. The summed E-state index contributed by atoms with van der Waals surface area (Å²) in [6, 6.07) is 69.5. The first-order valence-corrected chi connectivity index (χ1v) is 44.6. The number of thiophene rings is 1. The van der Waals surface area contributed by atoms with Gasteiger partial charge in [-0.05, 0) is 201 Å². The molecule has 20 nitrogen and oxygen atoms in total. The van der Waals surface area contributed by atoms with Crippen LogP contribution in [0, 0.1) is 0 Å². The highest BCUT2D eigenvalue weighted by Crippen LogP contribution is 2.46. The smallest absolute Gasteiger partial charge is 0.334 e. The molecule has 1 aliphatic heterocycles. The number of ether oxygens (including phenoxy) is 11. The van der Waals surface area contributed by atoms with Gasteiger partial charge in [-0.15, -0.1) is 11.3 Å². The molecule has 131 heavy (non-hydrogen) atoms. The van der Waals surface area contributed by atoms with Crippen molar-refractivity contribution in [3.05, 3.63) is 348 Å². The topological polar surface area (TPSA) is 255 Å². The van der Waals surface area contributed by atoms with Crippen LogP contribution in [0.25, 0.3) is 32.0 Å². The second-order valence-corrected chi connectivity index (χ2v) is 34.0. The van der Waals surface area contributed by atoms with Gasteiger partial charge in [0.25, 0.3) is 0 Å². The molecule has 2 saturated carbocycles. The van der Waals surface area contributed by atoms with Gasteiger partial charge in [-0.1, -0.05) is 261 Å². The van der Waals surface area contributed by atoms with E-state index in [9.17, 15) is 43.2 Å². The molecule has 3 fully saturated rings. The van der Waals surface area contributed by atoms with Crippen LogP contribution in [0.2, 0.25) is 0 Å². The van der Waals surface area contributed by atoms with Crippen LogP contribution in [0.15, 0.2) is 310 Å². The maximum absolute atomic E-state index is 11.8. The second-order valence-electron chi connectivity index (χ2n) is 32.9. The molecule has 2 heterocycles. The number of benzene rings is 8. The summed E-state index contributed by atoms with van der Waals surface area (Å²) in [5.74, 6) is -3.12. The van der Waals surface area contributed by atoms with Gasteiger partial charge in [0.1, 0.15) is 41.7 Å². The van der Waals surface area contributed by atoms with Crippen LogP contribution in [0.3, 0.4) is 0 Å². The number of carbonyl (C=O) groups is 9. The van der Waals surface area contributed by atoms with Crippen molar-refractivity contribution in [1.29, 1.82) is 0 Å². The van der Waals surface area contributed by atoms with Gasteiger partial charge in [0.2, 0.25) is 0 Å². The molecule has 0 amide bonds. The Bertz CT molecular complexity index is 5300. The fourth-order valence-electron chi connectivity index (χ4n) is 13.8. The molecular formula is C110H128O20S. The van der Waals surface area contributed by atoms with Gasteiger partial charge in [-0.2, -0.15) is 0 Å². The Morgan fingerprint density at radius 1 is 0.389 bits per heavy atom. The lowest BCUT2D eigenvalue weighted by Crippen LogP contribution is -2.38. The zero-order valence-electron chi connectivity index (χ0n) is 78.4. The van der Waals surface area contributed by atoms with Crippen LogP contribution in [0.5, 0.6) is 0 Å². The largest absolute Gasteiger partial charge is 0.462 e. The van der Waals surface area contributed by atoms with Crippen LogP contribution < -0.4 is 0 Å². The highest BCUT2D eigenvalue weighted by Gasteiger charge is 2.41. The SMILES string of the molecule is C=C(C)C(=O)OC(C)c1ccc2ccccc2c1.C=C(C)C(=O)OC(C)c1ccccc1.C=C(C)C(=O)OC(CC)c1cc2ccccc2s1.C=C(C)C(=O)OC(c1ccccc1)c1ccccc1.C=C(C)C(=O)OC1(CC)CCOC1.C=C(C)C(=O)OC1(COC(C)=O)CCCC1.C=C(C)C(=O)OC1(COC)CCCC1.C=C(C)C(=O)OC1c2ccccc2-c2ccccc21. The molecular weight excluding hydrogens is 1670 g/mol. The number of methoxy groups -OCH3 is 1. The van der Waals surface area contributed by atoms with Crippen molar-refractivity contribution in [2.45, 2.75) is 208 Å². The summed E-state index contributed by atoms with van der Waals surface area (Å²) in [6.45, 7) is 52.7. The van der Waals surface area contributed by atoms with E-state index in [0.29, 0.717) is 64.4 Å². The van der Waals surface area contributed by atoms with E-state index in [1.165, 1.54) is 22.4 Å². The van der Waals surface area contributed by atoms with E-state index in [0.717, 1.165) is 125 Å². The van der Waals surface area contributed by atoms with Gasteiger partial charge < -0.3 is 52.1 Å². The first-order valence-electron chi connectivity index (χ1n) is 43.8. The Balaban J connectivity index is 0.000000231. The van der Waals surface area contributed by atoms with Crippen LogP contribution in [0.1, 0.15) is 229 Å². The highest BCUT2D eigenvalue weighted by atomic mass is 32.1. The predicted molar refractivity (Wildman–Crippen MR) is 517 cm³/mol. The molecule has 0 N–H and O–H groups in total. The lowest BCUT2D eigenvalue weighted by Gasteiger charge is -2.28. The molecule has 1 aromatic heterocycles. The number of rotatable bonds is 27. The van der Waals surface area contributed by atoms with Crippen LogP contribution in [0.4, 0.5) is 0 Å². The molecule has 1 saturated heterocycles. The number of esters is 9. The average molecular weight is 1800 g/mol. The minimum Gasteiger partial charge on any atom is -0.462 e. The van der Waals surface area contributed by atoms with E-state index in [2.05, 4.69) is 89.0 Å². The maximum atomic E-state index is 11.8. The van der Waals surface area contributed by atoms with E-state index in [4.69, 9.17) is 52.1 Å². The Morgan fingerprint density at radius 2 is 0.771 bits per heavy atom. The number of hydrogen-bond donors (Lipinski definition) is 0. The molecule has 8 aromatic carbocycles. The van der Waals surface area contributed by atoms with Gasteiger partial charge in [0, 0.05) is 85.7 Å². The van der Waals surface area contributed by atoms with E-state index in [-0.39, 0.29) is 84.4 Å². The minimum absolute atomic E-state index is 0.154. The first kappa shape index (κ1) is 107. The van der Waals surface area contributed by atoms with Gasteiger partial charge >= 0.3 is 53.7 Å². The third kappa shape index (κ3) is 34.1. The Hall–Kier alpha value is -13.0. The molecule has 21 heteroatoms. The molecule has 3 aliphatic carbocycles. The monoisotopic (exact) mass is 1800 g/mol. The number of carbonyl (C=O) groups excluding carboxylic acids is 9. The second kappa shape index (κ2) is 53.3. The Kier molecular flexibility index (Phi) is 43.4. The van der Waals surface area contributed by atoms with E-state index in [1.54, 1.807) is 73.8 Å². The fraction of sp³-hybridized carbons (Fsp3) is 0.336. The van der Waals surface area contributed by atoms with Crippen molar-refractivity contribution in [3.63, 3.8) is 0 Å². The Morgan fingerprint density at radius 3 is 1.18 bits per heavy atom. The summed E-state index contributed by atoms with van der Waals surface area (Å²) in [7, 11) is 1.63. The molecule has 13 rings (SSSR count). The maximum Gasteiger partial charge on any atom is 0.334 e. The third-order valence-corrected chi connectivity index (χ3v) is 22.5. The van der Waals surface area contributed by atoms with Gasteiger partial charge in [0.15, 0.2) is 12.2 Å². The Labute approximate surface area is 777 Å². The summed E-state index contributed by atoms with van der Waals surface area (Å²) < 4.78 is 59.7. The molecule has 0 spiro atoms. The lowest BCUT2D eigenvalue weighted by molar-refractivity contribution is -0.167.